The van der Waals surface area contributed by atoms with E-state index in [-0.39, 0.29) is 0 Å². The SMILES string of the molecule is COc1ccc([C@]23Cc4cc(C#N)ccc4[C@@H](O2)c2c(cc(-c4ccccc4)oc2=O)O3)cc1. The average Bonchev–Trinajstić information content (AvgIpc) is 2.88. The largest absolute Gasteiger partial charge is 0.497 e. The number of methoxy groups -OCH3 is 1. The molecule has 0 saturated carbocycles. The molecule has 34 heavy (non-hydrogen) atoms. The highest BCUT2D eigenvalue weighted by molar-refractivity contribution is 5.61. The van der Waals surface area contributed by atoms with Gasteiger partial charge in [0.15, 0.2) is 0 Å². The van der Waals surface area contributed by atoms with E-state index >= 15 is 0 Å². The summed E-state index contributed by atoms with van der Waals surface area (Å²) in [5.41, 5.74) is 3.62. The number of nitrogens with zero attached hydrogens (tertiary/aromatic N) is 1. The number of fused-ring (bicyclic) bond motifs is 6. The molecular formula is C28H19NO5. The van der Waals surface area contributed by atoms with Crippen molar-refractivity contribution in [1.82, 2.24) is 0 Å². The van der Waals surface area contributed by atoms with E-state index in [1.807, 2.05) is 66.7 Å². The van der Waals surface area contributed by atoms with Crippen LogP contribution < -0.4 is 15.1 Å². The Labute approximate surface area is 195 Å². The van der Waals surface area contributed by atoms with Gasteiger partial charge in [0.2, 0.25) is 5.79 Å². The molecule has 2 aliphatic rings. The van der Waals surface area contributed by atoms with Gasteiger partial charge in [0.25, 0.3) is 0 Å². The molecule has 0 unspecified atom stereocenters. The molecule has 3 aromatic carbocycles. The second kappa shape index (κ2) is 7.62. The molecule has 2 aliphatic heterocycles. The van der Waals surface area contributed by atoms with Crippen LogP contribution in [-0.4, -0.2) is 7.11 Å². The second-order valence-electron chi connectivity index (χ2n) is 8.33. The fraction of sp³-hybridized carbons (Fsp3) is 0.143. The zero-order chi connectivity index (χ0) is 23.3. The van der Waals surface area contributed by atoms with Gasteiger partial charge in [-0.1, -0.05) is 36.4 Å². The number of hydrogen-bond donors (Lipinski definition) is 0. The number of nitriles is 1. The number of hydrogen-bond acceptors (Lipinski definition) is 6. The number of benzene rings is 3. The van der Waals surface area contributed by atoms with Crippen molar-refractivity contribution in [3.8, 4) is 28.9 Å². The van der Waals surface area contributed by atoms with Crippen molar-refractivity contribution in [2.24, 2.45) is 0 Å². The Bertz CT molecular complexity index is 1500. The Hall–Kier alpha value is -4.34. The van der Waals surface area contributed by atoms with E-state index in [0.717, 1.165) is 22.3 Å². The van der Waals surface area contributed by atoms with Gasteiger partial charge in [-0.05, 0) is 47.5 Å². The van der Waals surface area contributed by atoms with Crippen molar-refractivity contribution in [2.45, 2.75) is 18.3 Å². The topological polar surface area (TPSA) is 81.7 Å². The quantitative estimate of drug-likeness (QED) is 0.433. The highest BCUT2D eigenvalue weighted by Gasteiger charge is 2.50. The highest BCUT2D eigenvalue weighted by atomic mass is 16.7. The molecule has 4 aromatic rings. The molecule has 6 nitrogen and oxygen atoms in total. The Balaban J connectivity index is 1.57. The normalized spacial score (nSPS) is 19.8. The van der Waals surface area contributed by atoms with Gasteiger partial charge in [0.05, 0.1) is 18.7 Å². The van der Waals surface area contributed by atoms with Gasteiger partial charge < -0.3 is 18.6 Å². The maximum absolute atomic E-state index is 13.2. The lowest BCUT2D eigenvalue weighted by atomic mass is 9.84. The fourth-order valence-electron chi connectivity index (χ4n) is 4.70. The van der Waals surface area contributed by atoms with Crippen molar-refractivity contribution in [3.63, 3.8) is 0 Å². The van der Waals surface area contributed by atoms with Crippen LogP contribution in [-0.2, 0) is 16.9 Å². The molecule has 0 radical (unpaired) electrons. The summed E-state index contributed by atoms with van der Waals surface area (Å²) in [4.78, 5) is 13.2. The monoisotopic (exact) mass is 449 g/mol. The first-order valence-electron chi connectivity index (χ1n) is 10.9. The Kier molecular flexibility index (Phi) is 4.54. The van der Waals surface area contributed by atoms with E-state index in [9.17, 15) is 10.1 Å². The van der Waals surface area contributed by atoms with E-state index < -0.39 is 17.5 Å². The maximum Gasteiger partial charge on any atom is 0.346 e. The molecule has 2 bridgehead atoms. The zero-order valence-electron chi connectivity index (χ0n) is 18.3. The third-order valence-electron chi connectivity index (χ3n) is 6.36. The number of ether oxygens (including phenoxy) is 3. The first kappa shape index (κ1) is 20.3. The Morgan fingerprint density at radius 2 is 1.82 bits per heavy atom. The van der Waals surface area contributed by atoms with Gasteiger partial charge in [-0.3, -0.25) is 0 Å². The van der Waals surface area contributed by atoms with Gasteiger partial charge in [0.1, 0.15) is 28.9 Å². The smallest absolute Gasteiger partial charge is 0.346 e. The molecule has 0 spiro atoms. The van der Waals surface area contributed by atoms with Crippen LogP contribution >= 0.6 is 0 Å². The summed E-state index contributed by atoms with van der Waals surface area (Å²) < 4.78 is 24.0. The third kappa shape index (κ3) is 3.10. The highest BCUT2D eigenvalue weighted by Crippen LogP contribution is 2.51. The minimum Gasteiger partial charge on any atom is -0.497 e. The predicted octanol–water partition coefficient (Wildman–Crippen LogP) is 5.09. The molecule has 0 amide bonds. The summed E-state index contributed by atoms with van der Waals surface area (Å²) in [6.45, 7) is 0. The molecule has 3 heterocycles. The van der Waals surface area contributed by atoms with Gasteiger partial charge in [0, 0.05) is 23.6 Å². The molecule has 6 heteroatoms. The molecule has 0 fully saturated rings. The van der Waals surface area contributed by atoms with Crippen LogP contribution in [0.3, 0.4) is 0 Å². The van der Waals surface area contributed by atoms with E-state index in [1.54, 1.807) is 19.2 Å². The van der Waals surface area contributed by atoms with Crippen molar-refractivity contribution in [1.29, 1.82) is 5.26 Å². The first-order valence-corrected chi connectivity index (χ1v) is 10.9. The molecule has 0 aliphatic carbocycles. The molecule has 0 N–H and O–H groups in total. The van der Waals surface area contributed by atoms with Crippen LogP contribution in [0, 0.1) is 11.3 Å². The lowest BCUT2D eigenvalue weighted by Gasteiger charge is -2.46. The fourth-order valence-corrected chi connectivity index (χ4v) is 4.70. The number of rotatable bonds is 3. The van der Waals surface area contributed by atoms with E-state index in [2.05, 4.69) is 6.07 Å². The molecule has 6 rings (SSSR count). The Morgan fingerprint density at radius 3 is 2.56 bits per heavy atom. The van der Waals surface area contributed by atoms with Gasteiger partial charge in [-0.2, -0.15) is 5.26 Å². The Morgan fingerprint density at radius 1 is 1.03 bits per heavy atom. The minimum absolute atomic E-state index is 0.314. The van der Waals surface area contributed by atoms with Crippen LogP contribution in [0.5, 0.6) is 11.5 Å². The second-order valence-corrected chi connectivity index (χ2v) is 8.33. The minimum atomic E-state index is -1.17. The lowest BCUT2D eigenvalue weighted by Crippen LogP contribution is -2.47. The van der Waals surface area contributed by atoms with Gasteiger partial charge in [-0.15, -0.1) is 0 Å². The standard InChI is InChI=1S/C28H19NO5/c1-31-21-10-8-20(9-11-21)28-15-19-13-17(16-29)7-12-22(19)26(34-28)25-24(33-28)14-23(32-27(25)30)18-5-3-2-4-6-18/h2-14,26H,15H2,1H3/t26-,28+/m1/s1. The van der Waals surface area contributed by atoms with Crippen LogP contribution in [0.15, 0.2) is 88.1 Å². The molecule has 2 atom stereocenters. The summed E-state index contributed by atoms with van der Waals surface area (Å²) >= 11 is 0. The van der Waals surface area contributed by atoms with E-state index in [1.165, 1.54) is 0 Å². The van der Waals surface area contributed by atoms with Crippen LogP contribution in [0.25, 0.3) is 11.3 Å². The van der Waals surface area contributed by atoms with Crippen molar-refractivity contribution in [3.05, 3.63) is 117 Å². The molecule has 166 valence electrons. The van der Waals surface area contributed by atoms with E-state index in [0.29, 0.717) is 34.8 Å². The summed E-state index contributed by atoms with van der Waals surface area (Å²) in [5.74, 6) is 0.390. The maximum atomic E-state index is 13.2. The summed E-state index contributed by atoms with van der Waals surface area (Å²) in [7, 11) is 1.61. The molecule has 1 aromatic heterocycles. The van der Waals surface area contributed by atoms with E-state index in [4.69, 9.17) is 18.6 Å². The van der Waals surface area contributed by atoms with Crippen LogP contribution in [0.2, 0.25) is 0 Å². The predicted molar refractivity (Wildman–Crippen MR) is 124 cm³/mol. The first-order chi connectivity index (χ1) is 16.6. The summed E-state index contributed by atoms with van der Waals surface area (Å²) in [6, 6.07) is 26.3. The summed E-state index contributed by atoms with van der Waals surface area (Å²) in [6.07, 6.45) is -0.315. The van der Waals surface area contributed by atoms with Crippen molar-refractivity contribution in [2.75, 3.05) is 7.11 Å². The van der Waals surface area contributed by atoms with Crippen molar-refractivity contribution >= 4 is 0 Å². The molecule has 0 saturated heterocycles. The summed E-state index contributed by atoms with van der Waals surface area (Å²) in [5, 5.41) is 9.43. The van der Waals surface area contributed by atoms with Gasteiger partial charge >= 0.3 is 5.63 Å². The van der Waals surface area contributed by atoms with Crippen molar-refractivity contribution < 1.29 is 18.6 Å². The van der Waals surface area contributed by atoms with Crippen LogP contribution in [0.1, 0.15) is 33.9 Å². The third-order valence-corrected chi connectivity index (χ3v) is 6.36. The lowest BCUT2D eigenvalue weighted by molar-refractivity contribution is -0.238. The molecular weight excluding hydrogens is 430 g/mol. The average molecular weight is 449 g/mol. The zero-order valence-corrected chi connectivity index (χ0v) is 18.3. The van der Waals surface area contributed by atoms with Crippen LogP contribution in [0.4, 0.5) is 0 Å². The van der Waals surface area contributed by atoms with Gasteiger partial charge in [-0.25, -0.2) is 4.79 Å².